The zero-order valence-corrected chi connectivity index (χ0v) is 17.1. The van der Waals surface area contributed by atoms with Crippen molar-refractivity contribution in [1.29, 1.82) is 0 Å². The highest BCUT2D eigenvalue weighted by Gasteiger charge is 2.27. The smallest absolute Gasteiger partial charge is 0.341 e. The molecule has 3 heterocycles. The van der Waals surface area contributed by atoms with Crippen LogP contribution in [0.3, 0.4) is 0 Å². The van der Waals surface area contributed by atoms with Gasteiger partial charge in [0.05, 0.1) is 27.7 Å². The van der Waals surface area contributed by atoms with E-state index in [1.807, 2.05) is 4.90 Å². The van der Waals surface area contributed by atoms with E-state index in [4.69, 9.17) is 4.55 Å². The fourth-order valence-corrected chi connectivity index (χ4v) is 4.60. The van der Waals surface area contributed by atoms with Crippen LogP contribution >= 0.6 is 11.8 Å². The second-order valence-electron chi connectivity index (χ2n) is 6.62. The lowest BCUT2D eigenvalue weighted by Gasteiger charge is -2.33. The average Bonchev–Trinajstić information content (AvgIpc) is 2.63. The Bertz CT molecular complexity index is 1120. The fourth-order valence-electron chi connectivity index (χ4n) is 3.38. The predicted molar refractivity (Wildman–Crippen MR) is 108 cm³/mol. The largest absolute Gasteiger partial charge is 0.477 e. The fraction of sp³-hybridized carbons (Fsp3) is 0.412. The number of nitrogens with one attached hydrogen (secondary N) is 1. The van der Waals surface area contributed by atoms with Crippen molar-refractivity contribution in [3.05, 3.63) is 33.9 Å². The summed E-state index contributed by atoms with van der Waals surface area (Å²) in [5, 5.41) is 12.6. The van der Waals surface area contributed by atoms with Crippen molar-refractivity contribution in [3.8, 4) is 0 Å². The Labute approximate surface area is 170 Å². The molecule has 1 aromatic carbocycles. The van der Waals surface area contributed by atoms with Gasteiger partial charge in [-0.1, -0.05) is 0 Å². The summed E-state index contributed by atoms with van der Waals surface area (Å²) in [6.45, 7) is 3.57. The second kappa shape index (κ2) is 8.30. The third-order valence-corrected chi connectivity index (χ3v) is 5.55. The quantitative estimate of drug-likeness (QED) is 0.576. The van der Waals surface area contributed by atoms with Crippen molar-refractivity contribution in [2.75, 3.05) is 43.1 Å². The third-order valence-electron chi connectivity index (χ3n) is 4.49. The van der Waals surface area contributed by atoms with E-state index in [-0.39, 0.29) is 10.9 Å². The molecule has 2 aliphatic heterocycles. The van der Waals surface area contributed by atoms with Crippen LogP contribution in [0.15, 0.2) is 22.0 Å². The molecular formula is C17H20FN3O6S2. The number of carboxylic acid groups (broad SMARTS) is 1. The Morgan fingerprint density at radius 2 is 1.90 bits per heavy atom. The number of hydrogen-bond donors (Lipinski definition) is 3. The van der Waals surface area contributed by atoms with Crippen molar-refractivity contribution >= 4 is 44.4 Å². The monoisotopic (exact) mass is 445 g/mol. The molecule has 0 bridgehead atoms. The molecule has 12 heteroatoms. The molecule has 1 fully saturated rings. The predicted octanol–water partition coefficient (Wildman–Crippen LogP) is 0.858. The lowest BCUT2D eigenvalue weighted by Crippen LogP contribution is -2.44. The van der Waals surface area contributed by atoms with Crippen molar-refractivity contribution in [1.82, 2.24) is 9.88 Å². The molecule has 0 radical (unpaired) electrons. The van der Waals surface area contributed by atoms with Crippen LogP contribution in [-0.4, -0.2) is 66.8 Å². The van der Waals surface area contributed by atoms with Gasteiger partial charge in [0.25, 0.3) is 10.1 Å². The van der Waals surface area contributed by atoms with E-state index in [0.717, 1.165) is 18.0 Å². The molecular weight excluding hydrogens is 425 g/mol. The number of thioether (sulfide) groups is 1. The molecule has 2 aromatic rings. The number of aromatic carboxylic acids is 1. The summed E-state index contributed by atoms with van der Waals surface area (Å²) in [5.41, 5.74) is 0.249. The minimum Gasteiger partial charge on any atom is -0.477 e. The Kier molecular flexibility index (Phi) is 6.17. The number of aryl methyl sites for hydroxylation is 1. The topological polar surface area (TPSA) is 129 Å². The number of pyridine rings is 1. The first-order valence-electron chi connectivity index (χ1n) is 8.72. The Morgan fingerprint density at radius 1 is 1.28 bits per heavy atom. The van der Waals surface area contributed by atoms with E-state index in [1.165, 1.54) is 24.0 Å². The van der Waals surface area contributed by atoms with E-state index < -0.39 is 27.3 Å². The number of benzene rings is 1. The Morgan fingerprint density at radius 3 is 2.48 bits per heavy atom. The number of anilines is 1. The van der Waals surface area contributed by atoms with E-state index in [2.05, 4.69) is 5.32 Å². The van der Waals surface area contributed by atoms with Gasteiger partial charge in [-0.05, 0) is 6.07 Å². The molecule has 0 aliphatic carbocycles. The molecule has 0 atom stereocenters. The van der Waals surface area contributed by atoms with Gasteiger partial charge in [-0.3, -0.25) is 9.35 Å². The first-order valence-corrected chi connectivity index (χ1v) is 11.5. The standard InChI is InChI=1S/C16H16FN3O3S.CH4O3S/c17-11-7-9-12-15(13(11)19-3-1-18-2-4-19)24-6-5-20(12)8-10(14(9)21)16(22)23;1-5(2,3)4/h7-8,18H,1-6H2,(H,22,23);1H3,(H,2,3,4). The number of halogens is 1. The highest BCUT2D eigenvalue weighted by Crippen LogP contribution is 2.41. The van der Waals surface area contributed by atoms with Crippen LogP contribution in [0.5, 0.6) is 0 Å². The molecule has 158 valence electrons. The van der Waals surface area contributed by atoms with Crippen LogP contribution in [-0.2, 0) is 16.7 Å². The van der Waals surface area contributed by atoms with E-state index in [1.54, 1.807) is 4.57 Å². The van der Waals surface area contributed by atoms with Gasteiger partial charge < -0.3 is 19.9 Å². The summed E-state index contributed by atoms with van der Waals surface area (Å²) < 4.78 is 42.5. The number of carboxylic acids is 1. The lowest BCUT2D eigenvalue weighted by molar-refractivity contribution is 0.0694. The zero-order chi connectivity index (χ0) is 21.3. The number of rotatable bonds is 2. The third kappa shape index (κ3) is 4.71. The number of carbonyl (C=O) groups is 1. The van der Waals surface area contributed by atoms with Gasteiger partial charge in [0.1, 0.15) is 11.4 Å². The molecule has 1 saturated heterocycles. The molecule has 0 unspecified atom stereocenters. The summed E-state index contributed by atoms with van der Waals surface area (Å²) in [4.78, 5) is 26.5. The van der Waals surface area contributed by atoms with Crippen molar-refractivity contribution < 1.29 is 27.3 Å². The molecule has 9 nitrogen and oxygen atoms in total. The van der Waals surface area contributed by atoms with Gasteiger partial charge >= 0.3 is 5.97 Å². The minimum atomic E-state index is -3.67. The average molecular weight is 445 g/mol. The number of aromatic nitrogens is 1. The second-order valence-corrected chi connectivity index (χ2v) is 9.19. The normalized spacial score (nSPS) is 16.3. The van der Waals surface area contributed by atoms with Crippen LogP contribution in [0.2, 0.25) is 0 Å². The maximum Gasteiger partial charge on any atom is 0.341 e. The van der Waals surface area contributed by atoms with Crippen molar-refractivity contribution in [2.24, 2.45) is 0 Å². The first kappa shape index (κ1) is 21.6. The maximum atomic E-state index is 14.8. The summed E-state index contributed by atoms with van der Waals surface area (Å²) in [6.07, 6.45) is 2.10. The highest BCUT2D eigenvalue weighted by atomic mass is 32.2. The van der Waals surface area contributed by atoms with Crippen LogP contribution in [0.4, 0.5) is 10.1 Å². The SMILES string of the molecule is CS(=O)(=O)O.O=C(O)c1cn2c3c(c(N4CCNCC4)c(F)cc3c1=O)SCC2. The highest BCUT2D eigenvalue weighted by molar-refractivity contribution is 7.99. The van der Waals surface area contributed by atoms with Crippen LogP contribution in [0, 0.1) is 5.82 Å². The van der Waals surface area contributed by atoms with Crippen LogP contribution in [0.25, 0.3) is 10.9 Å². The summed E-state index contributed by atoms with van der Waals surface area (Å²) in [5.74, 6) is -1.02. The summed E-state index contributed by atoms with van der Waals surface area (Å²) in [6, 6.07) is 1.20. The molecule has 29 heavy (non-hydrogen) atoms. The summed E-state index contributed by atoms with van der Waals surface area (Å²) >= 11 is 1.53. The van der Waals surface area contributed by atoms with Gasteiger partial charge in [0.15, 0.2) is 0 Å². The molecule has 1 aromatic heterocycles. The van der Waals surface area contributed by atoms with Gasteiger partial charge in [-0.25, -0.2) is 9.18 Å². The van der Waals surface area contributed by atoms with Crippen molar-refractivity contribution in [2.45, 2.75) is 11.4 Å². The Hall–Kier alpha value is -2.15. The van der Waals surface area contributed by atoms with Crippen molar-refractivity contribution in [3.63, 3.8) is 0 Å². The molecule has 2 aliphatic rings. The maximum absolute atomic E-state index is 14.8. The lowest BCUT2D eigenvalue weighted by atomic mass is 10.1. The van der Waals surface area contributed by atoms with E-state index in [9.17, 15) is 27.5 Å². The minimum absolute atomic E-state index is 0.147. The number of nitrogens with zero attached hydrogens (tertiary/aromatic N) is 2. The van der Waals surface area contributed by atoms with E-state index >= 15 is 0 Å². The summed E-state index contributed by atoms with van der Waals surface area (Å²) in [7, 11) is -3.67. The molecule has 0 saturated carbocycles. The number of hydrogen-bond acceptors (Lipinski definition) is 7. The van der Waals surface area contributed by atoms with Gasteiger partial charge in [-0.15, -0.1) is 11.8 Å². The van der Waals surface area contributed by atoms with Gasteiger partial charge in [-0.2, -0.15) is 8.42 Å². The first-order chi connectivity index (χ1) is 13.6. The van der Waals surface area contributed by atoms with Gasteiger partial charge in [0.2, 0.25) is 5.43 Å². The molecule has 3 N–H and O–H groups in total. The number of piperazine rings is 1. The molecule has 0 amide bonds. The Balaban J connectivity index is 0.000000431. The molecule has 4 rings (SSSR count). The van der Waals surface area contributed by atoms with E-state index in [0.29, 0.717) is 42.8 Å². The van der Waals surface area contributed by atoms with Crippen LogP contribution < -0.4 is 15.6 Å². The van der Waals surface area contributed by atoms with Gasteiger partial charge in [0, 0.05) is 44.7 Å². The van der Waals surface area contributed by atoms with Crippen LogP contribution in [0.1, 0.15) is 10.4 Å². The zero-order valence-electron chi connectivity index (χ0n) is 15.5. The molecule has 0 spiro atoms.